The molecule has 0 aliphatic carbocycles. The van der Waals surface area contributed by atoms with Crippen LogP contribution in [0.2, 0.25) is 0 Å². The van der Waals surface area contributed by atoms with Gasteiger partial charge in [-0.1, -0.05) is 18.2 Å². The van der Waals surface area contributed by atoms with Gasteiger partial charge in [0.1, 0.15) is 5.75 Å². The summed E-state index contributed by atoms with van der Waals surface area (Å²) in [6.07, 6.45) is -0.475. The minimum Gasteiger partial charge on any atom is -0.497 e. The summed E-state index contributed by atoms with van der Waals surface area (Å²) in [4.78, 5) is 18.2. The van der Waals surface area contributed by atoms with E-state index in [1.165, 1.54) is 23.3 Å². The molecule has 122 valence electrons. The average Bonchev–Trinajstić information content (AvgIpc) is 3.12. The molecule has 1 aromatic heterocycles. The summed E-state index contributed by atoms with van der Waals surface area (Å²) < 4.78 is 10.1. The predicted octanol–water partition coefficient (Wildman–Crippen LogP) is 4.72. The lowest BCUT2D eigenvalue weighted by atomic mass is 10.2. The fourth-order valence-electron chi connectivity index (χ4n) is 2.22. The maximum Gasteiger partial charge on any atom is 0.420 e. The van der Waals surface area contributed by atoms with Gasteiger partial charge in [-0.05, 0) is 36.4 Å². The third kappa shape index (κ3) is 3.23. The molecule has 3 aromatic rings. The van der Waals surface area contributed by atoms with Gasteiger partial charge in [0.2, 0.25) is 0 Å². The smallest absolute Gasteiger partial charge is 0.420 e. The topological polar surface area (TPSA) is 51.7 Å². The minimum atomic E-state index is -0.475. The zero-order chi connectivity index (χ0) is 16.9. The van der Waals surface area contributed by atoms with Crippen LogP contribution in [0.4, 0.5) is 15.6 Å². The molecule has 0 atom stereocenters. The number of ether oxygens (including phenoxy) is 2. The second kappa shape index (κ2) is 7.14. The molecule has 0 bridgehead atoms. The Bertz CT molecular complexity index is 816. The number of benzene rings is 2. The first-order valence-electron chi connectivity index (χ1n) is 7.26. The van der Waals surface area contributed by atoms with E-state index in [0.29, 0.717) is 10.8 Å². The lowest BCUT2D eigenvalue weighted by Crippen LogP contribution is -2.25. The Morgan fingerprint density at radius 1 is 1.04 bits per heavy atom. The average molecular weight is 340 g/mol. The second-order valence-corrected chi connectivity index (χ2v) is 5.72. The van der Waals surface area contributed by atoms with Gasteiger partial charge in [0.15, 0.2) is 5.13 Å². The monoisotopic (exact) mass is 340 g/mol. The summed E-state index contributed by atoms with van der Waals surface area (Å²) in [5, 5.41) is 2.47. The first-order chi connectivity index (χ1) is 11.7. The SMILES string of the molecule is COC(=O)N(c1ccccc1)c1nc(-c2ccc(OC)cc2)cs1. The Kier molecular flexibility index (Phi) is 4.77. The summed E-state index contributed by atoms with van der Waals surface area (Å²) in [5.74, 6) is 0.787. The molecule has 0 aliphatic rings. The van der Waals surface area contributed by atoms with E-state index in [4.69, 9.17) is 9.47 Å². The molecule has 0 spiro atoms. The van der Waals surface area contributed by atoms with E-state index in [1.807, 2.05) is 60.0 Å². The van der Waals surface area contributed by atoms with Crippen molar-refractivity contribution in [1.29, 1.82) is 0 Å². The number of hydrogen-bond donors (Lipinski definition) is 0. The van der Waals surface area contributed by atoms with Crippen LogP contribution < -0.4 is 9.64 Å². The largest absolute Gasteiger partial charge is 0.497 e. The first-order valence-corrected chi connectivity index (χ1v) is 8.14. The number of nitrogens with zero attached hydrogens (tertiary/aromatic N) is 2. The van der Waals surface area contributed by atoms with Gasteiger partial charge < -0.3 is 9.47 Å². The van der Waals surface area contributed by atoms with Gasteiger partial charge in [-0.3, -0.25) is 0 Å². The fraction of sp³-hybridized carbons (Fsp3) is 0.111. The number of anilines is 2. The van der Waals surface area contributed by atoms with E-state index in [2.05, 4.69) is 4.98 Å². The van der Waals surface area contributed by atoms with Crippen molar-refractivity contribution in [2.45, 2.75) is 0 Å². The number of hydrogen-bond acceptors (Lipinski definition) is 5. The Balaban J connectivity index is 1.95. The molecular formula is C18H16N2O3S. The molecule has 24 heavy (non-hydrogen) atoms. The van der Waals surface area contributed by atoms with E-state index in [-0.39, 0.29) is 0 Å². The van der Waals surface area contributed by atoms with Crippen LogP contribution in [0.3, 0.4) is 0 Å². The van der Waals surface area contributed by atoms with Gasteiger partial charge in [0.25, 0.3) is 0 Å². The lowest BCUT2D eigenvalue weighted by molar-refractivity contribution is 0.181. The zero-order valence-corrected chi connectivity index (χ0v) is 14.1. The zero-order valence-electron chi connectivity index (χ0n) is 13.3. The predicted molar refractivity (Wildman–Crippen MR) is 95.1 cm³/mol. The standard InChI is InChI=1S/C18H16N2O3S/c1-22-15-10-8-13(9-11-15)16-12-24-17(19-16)20(18(21)23-2)14-6-4-3-5-7-14/h3-12H,1-2H3. The molecule has 0 N–H and O–H groups in total. The van der Waals surface area contributed by atoms with Crippen molar-refractivity contribution in [3.63, 3.8) is 0 Å². The molecule has 5 nitrogen and oxygen atoms in total. The molecule has 0 aliphatic heterocycles. The van der Waals surface area contributed by atoms with E-state index < -0.39 is 6.09 Å². The van der Waals surface area contributed by atoms with Crippen LogP contribution in [0.15, 0.2) is 60.0 Å². The number of rotatable bonds is 4. The molecule has 3 rings (SSSR count). The molecule has 2 aromatic carbocycles. The Labute approximate surface area is 144 Å². The third-order valence-electron chi connectivity index (χ3n) is 3.44. The van der Waals surface area contributed by atoms with Gasteiger partial charge in [-0.2, -0.15) is 0 Å². The van der Waals surface area contributed by atoms with Crippen molar-refractivity contribution < 1.29 is 14.3 Å². The van der Waals surface area contributed by atoms with Crippen LogP contribution in [-0.2, 0) is 4.74 Å². The van der Waals surface area contributed by atoms with Crippen molar-refractivity contribution in [3.05, 3.63) is 60.0 Å². The van der Waals surface area contributed by atoms with Crippen LogP contribution in [-0.4, -0.2) is 25.3 Å². The van der Waals surface area contributed by atoms with Crippen molar-refractivity contribution >= 4 is 28.2 Å². The second-order valence-electron chi connectivity index (χ2n) is 4.88. The van der Waals surface area contributed by atoms with Crippen LogP contribution in [0.5, 0.6) is 5.75 Å². The third-order valence-corrected chi connectivity index (χ3v) is 4.27. The van der Waals surface area contributed by atoms with E-state index in [9.17, 15) is 4.79 Å². The number of carbonyl (C=O) groups excluding carboxylic acids is 1. The summed E-state index contributed by atoms with van der Waals surface area (Å²) in [5.41, 5.74) is 2.46. The Morgan fingerprint density at radius 3 is 2.38 bits per heavy atom. The molecule has 0 fully saturated rings. The Hall–Kier alpha value is -2.86. The lowest BCUT2D eigenvalue weighted by Gasteiger charge is -2.18. The highest BCUT2D eigenvalue weighted by Crippen LogP contribution is 2.33. The van der Waals surface area contributed by atoms with Gasteiger partial charge in [0, 0.05) is 10.9 Å². The molecule has 1 heterocycles. The summed E-state index contributed by atoms with van der Waals surface area (Å²) >= 11 is 1.38. The van der Waals surface area contributed by atoms with E-state index >= 15 is 0 Å². The number of thiazole rings is 1. The van der Waals surface area contributed by atoms with Crippen LogP contribution >= 0.6 is 11.3 Å². The van der Waals surface area contributed by atoms with Crippen LogP contribution in [0.1, 0.15) is 0 Å². The van der Waals surface area contributed by atoms with Crippen molar-refractivity contribution in [1.82, 2.24) is 4.98 Å². The fourth-order valence-corrected chi connectivity index (χ4v) is 3.07. The quantitative estimate of drug-likeness (QED) is 0.689. The van der Waals surface area contributed by atoms with Gasteiger partial charge >= 0.3 is 6.09 Å². The van der Waals surface area contributed by atoms with Crippen molar-refractivity contribution in [3.8, 4) is 17.0 Å². The van der Waals surface area contributed by atoms with Crippen LogP contribution in [0.25, 0.3) is 11.3 Å². The minimum absolute atomic E-state index is 0.475. The van der Waals surface area contributed by atoms with Gasteiger partial charge in [-0.25, -0.2) is 14.7 Å². The highest BCUT2D eigenvalue weighted by atomic mass is 32.1. The molecule has 6 heteroatoms. The summed E-state index contributed by atoms with van der Waals surface area (Å²) in [6.45, 7) is 0. The number of aromatic nitrogens is 1. The van der Waals surface area contributed by atoms with Gasteiger partial charge in [-0.15, -0.1) is 11.3 Å². The van der Waals surface area contributed by atoms with E-state index in [1.54, 1.807) is 7.11 Å². The number of para-hydroxylation sites is 1. The molecular weight excluding hydrogens is 324 g/mol. The molecule has 0 saturated carbocycles. The molecule has 0 saturated heterocycles. The molecule has 0 unspecified atom stereocenters. The highest BCUT2D eigenvalue weighted by Gasteiger charge is 2.22. The summed E-state index contributed by atoms with van der Waals surface area (Å²) in [7, 11) is 2.99. The maximum absolute atomic E-state index is 12.2. The van der Waals surface area contributed by atoms with E-state index in [0.717, 1.165) is 17.0 Å². The number of methoxy groups -OCH3 is 2. The van der Waals surface area contributed by atoms with Crippen molar-refractivity contribution in [2.75, 3.05) is 19.1 Å². The van der Waals surface area contributed by atoms with Crippen LogP contribution in [0, 0.1) is 0 Å². The maximum atomic E-state index is 12.2. The summed E-state index contributed by atoms with van der Waals surface area (Å²) in [6, 6.07) is 16.9. The number of carbonyl (C=O) groups is 1. The molecule has 1 amide bonds. The first kappa shape index (κ1) is 16.0. The number of amides is 1. The normalized spacial score (nSPS) is 10.2. The van der Waals surface area contributed by atoms with Gasteiger partial charge in [0.05, 0.1) is 25.6 Å². The highest BCUT2D eigenvalue weighted by molar-refractivity contribution is 7.14. The van der Waals surface area contributed by atoms with Crippen molar-refractivity contribution in [2.24, 2.45) is 0 Å². The Morgan fingerprint density at radius 2 is 1.75 bits per heavy atom. The molecule has 0 radical (unpaired) electrons.